The maximum Gasteiger partial charge on any atom is 0.196 e. The molecule has 0 radical (unpaired) electrons. The van der Waals surface area contributed by atoms with Gasteiger partial charge in [0, 0.05) is 16.1 Å². The van der Waals surface area contributed by atoms with E-state index in [9.17, 15) is 4.79 Å². The molecule has 0 saturated heterocycles. The van der Waals surface area contributed by atoms with Crippen LogP contribution in [0.5, 0.6) is 0 Å². The quantitative estimate of drug-likeness (QED) is 0.204. The van der Waals surface area contributed by atoms with Gasteiger partial charge in [0.15, 0.2) is 16.8 Å². The first kappa shape index (κ1) is 22.6. The monoisotopic (exact) mass is 481 g/mol. The molecular weight excluding hydrogens is 461 g/mol. The number of hydrogen-bond donors (Lipinski definition) is 0. The molecule has 0 N–H and O–H groups in total. The molecule has 0 aliphatic heterocycles. The molecule has 0 amide bonds. The van der Waals surface area contributed by atoms with E-state index < -0.39 is 0 Å². The Bertz CT molecular complexity index is 1260. The van der Waals surface area contributed by atoms with Gasteiger partial charge in [0.05, 0.1) is 16.5 Å². The minimum atomic E-state index is 0.0355. The number of hydrogen-bond acceptors (Lipinski definition) is 4. The van der Waals surface area contributed by atoms with Crippen LogP contribution >= 0.6 is 35.0 Å². The summed E-state index contributed by atoms with van der Waals surface area (Å²) in [5, 5.41) is 10.6. The molecule has 4 rings (SSSR count). The zero-order valence-corrected chi connectivity index (χ0v) is 20.0. The second kappa shape index (κ2) is 9.90. The second-order valence-electron chi connectivity index (χ2n) is 7.56. The number of benzene rings is 3. The summed E-state index contributed by atoms with van der Waals surface area (Å²) < 4.78 is 1.98. The molecule has 3 aromatic carbocycles. The molecule has 0 spiro atoms. The van der Waals surface area contributed by atoms with E-state index in [0.29, 0.717) is 26.6 Å². The van der Waals surface area contributed by atoms with E-state index in [1.165, 1.54) is 11.8 Å². The van der Waals surface area contributed by atoms with E-state index in [4.69, 9.17) is 23.2 Å². The van der Waals surface area contributed by atoms with Gasteiger partial charge in [-0.05, 0) is 35.7 Å². The largest absolute Gasteiger partial charge is 0.293 e. The van der Waals surface area contributed by atoms with Gasteiger partial charge in [0.2, 0.25) is 0 Å². The molecule has 0 bridgehead atoms. The van der Waals surface area contributed by atoms with Gasteiger partial charge in [0.1, 0.15) is 0 Å². The summed E-state index contributed by atoms with van der Waals surface area (Å²) in [6.07, 6.45) is 0. The van der Waals surface area contributed by atoms with Crippen molar-refractivity contribution in [2.24, 2.45) is 0 Å². The van der Waals surface area contributed by atoms with Crippen LogP contribution < -0.4 is 0 Å². The number of rotatable bonds is 7. The highest BCUT2D eigenvalue weighted by Gasteiger charge is 2.22. The minimum Gasteiger partial charge on any atom is -0.293 e. The van der Waals surface area contributed by atoms with E-state index >= 15 is 0 Å². The molecule has 0 atom stereocenters. The SMILES string of the molecule is CC(C)c1ccccc1-n1c(SCC(=O)c2ccccc2)nnc1-c1ccc(Cl)cc1Cl. The average Bonchev–Trinajstić information content (AvgIpc) is 3.21. The van der Waals surface area contributed by atoms with Crippen LogP contribution in [0.3, 0.4) is 0 Å². The number of carbonyl (C=O) groups is 1. The topological polar surface area (TPSA) is 47.8 Å². The van der Waals surface area contributed by atoms with Crippen molar-refractivity contribution in [1.82, 2.24) is 14.8 Å². The first-order valence-electron chi connectivity index (χ1n) is 10.2. The molecule has 1 heterocycles. The van der Waals surface area contributed by atoms with E-state index in [1.54, 1.807) is 12.1 Å². The van der Waals surface area contributed by atoms with Crippen molar-refractivity contribution in [3.63, 3.8) is 0 Å². The summed E-state index contributed by atoms with van der Waals surface area (Å²) >= 11 is 14.0. The van der Waals surface area contributed by atoms with Gasteiger partial charge in [-0.1, -0.05) is 97.3 Å². The van der Waals surface area contributed by atoms with Gasteiger partial charge < -0.3 is 0 Å². The van der Waals surface area contributed by atoms with Gasteiger partial charge in [-0.15, -0.1) is 10.2 Å². The predicted molar refractivity (Wildman–Crippen MR) is 132 cm³/mol. The lowest BCUT2D eigenvalue weighted by Crippen LogP contribution is -2.07. The van der Waals surface area contributed by atoms with Crippen molar-refractivity contribution in [2.75, 3.05) is 5.75 Å². The van der Waals surface area contributed by atoms with Crippen LogP contribution in [0.25, 0.3) is 17.1 Å². The molecular formula is C25H21Cl2N3OS. The average molecular weight is 482 g/mol. The molecule has 4 aromatic rings. The summed E-state index contributed by atoms with van der Waals surface area (Å²) in [4.78, 5) is 12.7. The van der Waals surface area contributed by atoms with Crippen molar-refractivity contribution in [3.05, 3.63) is 94.0 Å². The predicted octanol–water partition coefficient (Wildman–Crippen LogP) is 7.34. The smallest absolute Gasteiger partial charge is 0.196 e. The number of ketones is 1. The Balaban J connectivity index is 1.79. The highest BCUT2D eigenvalue weighted by molar-refractivity contribution is 7.99. The zero-order valence-electron chi connectivity index (χ0n) is 17.6. The third-order valence-corrected chi connectivity index (χ3v) is 6.51. The molecule has 1 aromatic heterocycles. The fraction of sp³-hybridized carbons (Fsp3) is 0.160. The third-order valence-electron chi connectivity index (χ3n) is 5.03. The van der Waals surface area contributed by atoms with Crippen molar-refractivity contribution in [3.8, 4) is 17.1 Å². The van der Waals surface area contributed by atoms with Crippen LogP contribution in [0.4, 0.5) is 0 Å². The molecule has 0 fully saturated rings. The lowest BCUT2D eigenvalue weighted by atomic mass is 10.0. The first-order chi connectivity index (χ1) is 15.5. The van der Waals surface area contributed by atoms with Crippen LogP contribution in [0.1, 0.15) is 35.7 Å². The van der Waals surface area contributed by atoms with E-state index in [2.05, 4.69) is 30.1 Å². The molecule has 0 saturated carbocycles. The van der Waals surface area contributed by atoms with Gasteiger partial charge in [0.25, 0.3) is 0 Å². The molecule has 0 aliphatic carbocycles. The molecule has 7 heteroatoms. The number of thioether (sulfide) groups is 1. The Kier molecular flexibility index (Phi) is 6.99. The lowest BCUT2D eigenvalue weighted by Gasteiger charge is -2.17. The number of carbonyl (C=O) groups excluding carboxylic acids is 1. The number of nitrogens with zero attached hydrogens (tertiary/aromatic N) is 3. The summed E-state index contributed by atoms with van der Waals surface area (Å²) in [5.74, 6) is 1.18. The fourth-order valence-corrected chi connectivity index (χ4v) is 4.78. The van der Waals surface area contributed by atoms with Crippen LogP contribution in [0.2, 0.25) is 10.0 Å². The van der Waals surface area contributed by atoms with E-state index in [-0.39, 0.29) is 17.5 Å². The zero-order chi connectivity index (χ0) is 22.7. The Labute approximate surface area is 201 Å². The van der Waals surface area contributed by atoms with Gasteiger partial charge >= 0.3 is 0 Å². The number of Topliss-reactive ketones (excluding diaryl/α,β-unsaturated/α-hetero) is 1. The Morgan fingerprint density at radius 3 is 2.41 bits per heavy atom. The maximum atomic E-state index is 12.7. The normalized spacial score (nSPS) is 11.2. The lowest BCUT2D eigenvalue weighted by molar-refractivity contribution is 0.102. The molecule has 0 unspecified atom stereocenters. The van der Waals surface area contributed by atoms with Crippen LogP contribution in [0, 0.1) is 0 Å². The number of aromatic nitrogens is 3. The Morgan fingerprint density at radius 1 is 0.969 bits per heavy atom. The van der Waals surface area contributed by atoms with Gasteiger partial charge in [-0.2, -0.15) is 0 Å². The standard InChI is InChI=1S/C25H21Cl2N3OS/c1-16(2)19-10-6-7-11-22(19)30-24(20-13-12-18(26)14-21(20)27)28-29-25(30)32-15-23(31)17-8-4-3-5-9-17/h3-14,16H,15H2,1-2H3. The summed E-state index contributed by atoms with van der Waals surface area (Å²) in [7, 11) is 0. The summed E-state index contributed by atoms with van der Waals surface area (Å²) in [6.45, 7) is 4.29. The molecule has 32 heavy (non-hydrogen) atoms. The highest BCUT2D eigenvalue weighted by Crippen LogP contribution is 2.35. The van der Waals surface area contributed by atoms with Crippen molar-refractivity contribution in [1.29, 1.82) is 0 Å². The summed E-state index contributed by atoms with van der Waals surface area (Å²) in [5.41, 5.74) is 3.51. The van der Waals surface area contributed by atoms with Crippen LogP contribution in [-0.2, 0) is 0 Å². The Morgan fingerprint density at radius 2 is 1.69 bits per heavy atom. The Hall–Kier alpha value is -2.60. The minimum absolute atomic E-state index is 0.0355. The van der Waals surface area contributed by atoms with Crippen LogP contribution in [-0.4, -0.2) is 26.3 Å². The van der Waals surface area contributed by atoms with E-state index in [0.717, 1.165) is 16.8 Å². The number of halogens is 2. The maximum absolute atomic E-state index is 12.7. The summed E-state index contributed by atoms with van der Waals surface area (Å²) in [6, 6.07) is 22.7. The molecule has 162 valence electrons. The van der Waals surface area contributed by atoms with Gasteiger partial charge in [-0.3, -0.25) is 9.36 Å². The molecule has 0 aliphatic rings. The third kappa shape index (κ3) is 4.75. The number of para-hydroxylation sites is 1. The van der Waals surface area contributed by atoms with Crippen molar-refractivity contribution >= 4 is 40.7 Å². The van der Waals surface area contributed by atoms with Gasteiger partial charge in [-0.25, -0.2) is 0 Å². The van der Waals surface area contributed by atoms with Crippen molar-refractivity contribution < 1.29 is 4.79 Å². The van der Waals surface area contributed by atoms with Crippen LogP contribution in [0.15, 0.2) is 78.0 Å². The molecule has 4 nitrogen and oxygen atoms in total. The first-order valence-corrected chi connectivity index (χ1v) is 11.9. The highest BCUT2D eigenvalue weighted by atomic mass is 35.5. The second-order valence-corrected chi connectivity index (χ2v) is 9.34. The van der Waals surface area contributed by atoms with E-state index in [1.807, 2.05) is 59.2 Å². The fourth-order valence-electron chi connectivity index (χ4n) is 3.44. The van der Waals surface area contributed by atoms with Crippen molar-refractivity contribution in [2.45, 2.75) is 24.9 Å².